The normalized spacial score (nSPS) is 12.3. The minimum atomic E-state index is -0.530. The lowest BCUT2D eigenvalue weighted by molar-refractivity contribution is -0.154. The minimum absolute atomic E-state index is 0.166. The molecule has 0 spiro atoms. The van der Waals surface area contributed by atoms with Crippen molar-refractivity contribution in [1.29, 1.82) is 0 Å². The van der Waals surface area contributed by atoms with Gasteiger partial charge in [-0.25, -0.2) is 0 Å². The third-order valence-electron chi connectivity index (χ3n) is 11.3. The van der Waals surface area contributed by atoms with E-state index in [1.807, 2.05) is 0 Å². The molecule has 54 heavy (non-hydrogen) atoms. The number of aliphatic hydroxyl groups is 1. The highest BCUT2D eigenvalue weighted by Crippen LogP contribution is 2.16. The Balaban J connectivity index is 3.36. The predicted octanol–water partition coefficient (Wildman–Crippen LogP) is 16.5. The Labute approximate surface area is 339 Å². The van der Waals surface area contributed by atoms with Gasteiger partial charge < -0.3 is 14.6 Å². The number of aliphatic hydroxyl groups excluding tert-OH is 1. The van der Waals surface area contributed by atoms with Gasteiger partial charge in [0.2, 0.25) is 0 Å². The molecule has 0 heterocycles. The molecule has 0 bridgehead atoms. The van der Waals surface area contributed by atoms with E-state index in [1.54, 1.807) is 0 Å². The van der Waals surface area contributed by atoms with E-state index in [0.29, 0.717) is 19.6 Å². The maximum atomic E-state index is 12.2. The summed E-state index contributed by atoms with van der Waals surface area (Å²) in [6.07, 6.45) is 58.7. The van der Waals surface area contributed by atoms with Crippen LogP contribution in [0.1, 0.15) is 277 Å². The first-order chi connectivity index (χ1) is 26.7. The standard InChI is InChI=1S/C50H98O4/c1-3-5-7-9-11-13-15-17-19-21-23-25-27-29-31-33-35-37-39-41-43-45-50(52)54-49(47-51)48-53-46-44-42-40-38-36-34-32-30-28-26-24-22-20-18-16-14-12-10-8-6-4-2/h21,23,49,51H,3-20,22,24-48H2,1-2H3/b23-21-. The van der Waals surface area contributed by atoms with Gasteiger partial charge in [-0.3, -0.25) is 4.79 Å². The van der Waals surface area contributed by atoms with Crippen LogP contribution in [0.15, 0.2) is 12.2 Å². The lowest BCUT2D eigenvalue weighted by atomic mass is 10.0. The zero-order valence-electron chi connectivity index (χ0n) is 37.0. The van der Waals surface area contributed by atoms with E-state index in [4.69, 9.17) is 9.47 Å². The Morgan fingerprint density at radius 3 is 1.06 bits per heavy atom. The van der Waals surface area contributed by atoms with Gasteiger partial charge in [0, 0.05) is 13.0 Å². The number of hydrogen-bond donors (Lipinski definition) is 1. The van der Waals surface area contributed by atoms with Crippen molar-refractivity contribution in [2.75, 3.05) is 19.8 Å². The van der Waals surface area contributed by atoms with Crippen LogP contribution < -0.4 is 0 Å². The molecule has 0 saturated heterocycles. The summed E-state index contributed by atoms with van der Waals surface area (Å²) in [7, 11) is 0. The molecule has 1 atom stereocenters. The van der Waals surface area contributed by atoms with Crippen molar-refractivity contribution in [3.05, 3.63) is 12.2 Å². The van der Waals surface area contributed by atoms with Gasteiger partial charge in [0.05, 0.1) is 13.2 Å². The van der Waals surface area contributed by atoms with Crippen LogP contribution in [-0.4, -0.2) is 37.0 Å². The number of allylic oxidation sites excluding steroid dienone is 2. The first-order valence-corrected chi connectivity index (χ1v) is 24.8. The average Bonchev–Trinajstić information content (AvgIpc) is 3.18. The van der Waals surface area contributed by atoms with Crippen molar-refractivity contribution in [2.45, 2.75) is 283 Å². The fourth-order valence-electron chi connectivity index (χ4n) is 7.62. The average molecular weight is 763 g/mol. The van der Waals surface area contributed by atoms with Gasteiger partial charge >= 0.3 is 5.97 Å². The Morgan fingerprint density at radius 1 is 0.426 bits per heavy atom. The van der Waals surface area contributed by atoms with Crippen LogP contribution in [-0.2, 0) is 14.3 Å². The molecule has 0 saturated carbocycles. The van der Waals surface area contributed by atoms with Crippen molar-refractivity contribution in [3.8, 4) is 0 Å². The smallest absolute Gasteiger partial charge is 0.306 e. The molecule has 0 amide bonds. The zero-order chi connectivity index (χ0) is 39.1. The Hall–Kier alpha value is -0.870. The number of ether oxygens (including phenoxy) is 2. The van der Waals surface area contributed by atoms with Gasteiger partial charge in [-0.1, -0.05) is 244 Å². The number of carbonyl (C=O) groups excluding carboxylic acids is 1. The first kappa shape index (κ1) is 53.1. The second kappa shape index (κ2) is 48.3. The molecule has 1 N–H and O–H groups in total. The van der Waals surface area contributed by atoms with Gasteiger partial charge in [0.1, 0.15) is 6.10 Å². The number of unbranched alkanes of at least 4 members (excludes halogenated alkanes) is 37. The SMILES string of the molecule is CCCCCCCCCC/C=C\CCCCCCCCCCCC(=O)OC(CO)COCCCCCCCCCCCCCCCCCCCCCCC. The van der Waals surface area contributed by atoms with Crippen LogP contribution in [0.25, 0.3) is 0 Å². The second-order valence-corrected chi connectivity index (χ2v) is 16.9. The maximum absolute atomic E-state index is 12.2. The summed E-state index contributed by atoms with van der Waals surface area (Å²) in [5.74, 6) is -0.196. The predicted molar refractivity (Wildman–Crippen MR) is 238 cm³/mol. The van der Waals surface area contributed by atoms with Crippen LogP contribution in [0.5, 0.6) is 0 Å². The summed E-state index contributed by atoms with van der Waals surface area (Å²) >= 11 is 0. The Morgan fingerprint density at radius 2 is 0.722 bits per heavy atom. The lowest BCUT2D eigenvalue weighted by Gasteiger charge is -2.16. The molecule has 0 aliphatic rings. The van der Waals surface area contributed by atoms with E-state index in [2.05, 4.69) is 26.0 Å². The van der Waals surface area contributed by atoms with E-state index in [0.717, 1.165) is 19.3 Å². The fourth-order valence-corrected chi connectivity index (χ4v) is 7.62. The molecule has 0 radical (unpaired) electrons. The number of carbonyl (C=O) groups is 1. The molecule has 322 valence electrons. The summed E-state index contributed by atoms with van der Waals surface area (Å²) in [4.78, 5) is 12.2. The zero-order valence-corrected chi connectivity index (χ0v) is 37.0. The number of esters is 1. The van der Waals surface area contributed by atoms with Crippen molar-refractivity contribution in [1.82, 2.24) is 0 Å². The van der Waals surface area contributed by atoms with E-state index < -0.39 is 6.10 Å². The fraction of sp³-hybridized carbons (Fsp3) is 0.940. The third kappa shape index (κ3) is 45.5. The summed E-state index contributed by atoms with van der Waals surface area (Å²) in [6.45, 7) is 5.40. The molecular weight excluding hydrogens is 665 g/mol. The summed E-state index contributed by atoms with van der Waals surface area (Å²) < 4.78 is 11.2. The lowest BCUT2D eigenvalue weighted by Crippen LogP contribution is -2.27. The minimum Gasteiger partial charge on any atom is -0.457 e. The van der Waals surface area contributed by atoms with Gasteiger partial charge in [0.25, 0.3) is 0 Å². The van der Waals surface area contributed by atoms with Crippen LogP contribution in [0.3, 0.4) is 0 Å². The van der Waals surface area contributed by atoms with Gasteiger partial charge in [-0.15, -0.1) is 0 Å². The largest absolute Gasteiger partial charge is 0.457 e. The molecule has 0 aliphatic carbocycles. The second-order valence-electron chi connectivity index (χ2n) is 16.9. The van der Waals surface area contributed by atoms with Crippen LogP contribution >= 0.6 is 0 Å². The molecule has 4 nitrogen and oxygen atoms in total. The summed E-state index contributed by atoms with van der Waals surface area (Å²) in [6, 6.07) is 0. The van der Waals surface area contributed by atoms with Crippen molar-refractivity contribution in [2.24, 2.45) is 0 Å². The number of hydrogen-bond acceptors (Lipinski definition) is 4. The molecule has 0 aliphatic heterocycles. The Bertz CT molecular complexity index is 721. The van der Waals surface area contributed by atoms with Crippen LogP contribution in [0.4, 0.5) is 0 Å². The van der Waals surface area contributed by atoms with Crippen LogP contribution in [0.2, 0.25) is 0 Å². The topological polar surface area (TPSA) is 55.8 Å². The van der Waals surface area contributed by atoms with Crippen LogP contribution in [0, 0.1) is 0 Å². The van der Waals surface area contributed by atoms with Crippen molar-refractivity contribution < 1.29 is 19.4 Å². The van der Waals surface area contributed by atoms with Crippen molar-refractivity contribution >= 4 is 5.97 Å². The third-order valence-corrected chi connectivity index (χ3v) is 11.3. The van der Waals surface area contributed by atoms with E-state index >= 15 is 0 Å². The van der Waals surface area contributed by atoms with E-state index in [1.165, 1.54) is 238 Å². The molecule has 0 aromatic heterocycles. The molecule has 1 unspecified atom stereocenters. The van der Waals surface area contributed by atoms with E-state index in [9.17, 15) is 9.90 Å². The summed E-state index contributed by atoms with van der Waals surface area (Å²) in [5, 5.41) is 9.64. The van der Waals surface area contributed by atoms with Crippen molar-refractivity contribution in [3.63, 3.8) is 0 Å². The van der Waals surface area contributed by atoms with Gasteiger partial charge in [-0.05, 0) is 38.5 Å². The molecule has 0 rings (SSSR count). The highest BCUT2D eigenvalue weighted by molar-refractivity contribution is 5.69. The highest BCUT2D eigenvalue weighted by atomic mass is 16.6. The molecule has 0 aromatic rings. The Kier molecular flexibility index (Phi) is 47.5. The number of rotatable bonds is 47. The van der Waals surface area contributed by atoms with E-state index in [-0.39, 0.29) is 12.6 Å². The van der Waals surface area contributed by atoms with Gasteiger partial charge in [0.15, 0.2) is 0 Å². The monoisotopic (exact) mass is 763 g/mol. The summed E-state index contributed by atoms with van der Waals surface area (Å²) in [5.41, 5.74) is 0. The quantitative estimate of drug-likeness (QED) is 0.0381. The highest BCUT2D eigenvalue weighted by Gasteiger charge is 2.13. The molecular formula is C50H98O4. The molecule has 0 fully saturated rings. The first-order valence-electron chi connectivity index (χ1n) is 24.8. The molecule has 4 heteroatoms. The molecule has 0 aromatic carbocycles. The van der Waals surface area contributed by atoms with Gasteiger partial charge in [-0.2, -0.15) is 0 Å². The maximum Gasteiger partial charge on any atom is 0.306 e.